The Morgan fingerprint density at radius 3 is 2.69 bits per heavy atom. The maximum absolute atomic E-state index is 11.4. The van der Waals surface area contributed by atoms with E-state index in [-0.39, 0.29) is 0 Å². The predicted molar refractivity (Wildman–Crippen MR) is 64.4 cm³/mol. The van der Waals surface area contributed by atoms with Crippen molar-refractivity contribution >= 4 is 27.7 Å². The summed E-state index contributed by atoms with van der Waals surface area (Å²) in [5.41, 5.74) is 2.39. The lowest BCUT2D eigenvalue weighted by atomic mass is 10.1. The van der Waals surface area contributed by atoms with Crippen molar-refractivity contribution in [3.63, 3.8) is 0 Å². The molecular formula is C12H12ClNO2. The molecule has 0 saturated heterocycles. The molecule has 1 aromatic heterocycles. The lowest BCUT2D eigenvalue weighted by Gasteiger charge is -2.00. The van der Waals surface area contributed by atoms with Gasteiger partial charge in [-0.05, 0) is 36.7 Å². The number of nitrogens with zero attached hydrogens (tertiary/aromatic N) is 1. The van der Waals surface area contributed by atoms with E-state index in [2.05, 4.69) is 0 Å². The van der Waals surface area contributed by atoms with Crippen molar-refractivity contribution in [2.45, 2.75) is 6.92 Å². The van der Waals surface area contributed by atoms with E-state index in [1.54, 1.807) is 7.11 Å². The number of halogens is 1. The average Bonchev–Trinajstić information content (AvgIpc) is 2.51. The minimum absolute atomic E-state index is 0.434. The van der Waals surface area contributed by atoms with Gasteiger partial charge in [-0.25, -0.2) is 0 Å². The summed E-state index contributed by atoms with van der Waals surface area (Å²) in [5.74, 6) is 0.720. The van der Waals surface area contributed by atoms with Gasteiger partial charge in [0.15, 0.2) is 0 Å². The molecule has 1 aromatic carbocycles. The van der Waals surface area contributed by atoms with Crippen LogP contribution in [0.25, 0.3) is 10.9 Å². The van der Waals surface area contributed by atoms with Crippen LogP contribution in [0.4, 0.5) is 0 Å². The van der Waals surface area contributed by atoms with Crippen LogP contribution < -0.4 is 4.74 Å². The van der Waals surface area contributed by atoms with E-state index in [0.717, 1.165) is 22.3 Å². The van der Waals surface area contributed by atoms with Crippen LogP contribution in [0.1, 0.15) is 16.1 Å². The zero-order valence-electron chi connectivity index (χ0n) is 9.37. The summed E-state index contributed by atoms with van der Waals surface area (Å²) in [6.07, 6.45) is 0. The molecule has 0 bridgehead atoms. The summed E-state index contributed by atoms with van der Waals surface area (Å²) >= 11 is 5.60. The first-order valence-electron chi connectivity index (χ1n) is 4.89. The van der Waals surface area contributed by atoms with Crippen LogP contribution in [0.3, 0.4) is 0 Å². The summed E-state index contributed by atoms with van der Waals surface area (Å²) in [6, 6.07) is 5.62. The Morgan fingerprint density at radius 1 is 1.44 bits per heavy atom. The zero-order chi connectivity index (χ0) is 11.9. The van der Waals surface area contributed by atoms with Crippen molar-refractivity contribution in [1.29, 1.82) is 0 Å². The third-order valence-corrected chi connectivity index (χ3v) is 3.08. The van der Waals surface area contributed by atoms with Gasteiger partial charge in [0, 0.05) is 23.6 Å². The summed E-state index contributed by atoms with van der Waals surface area (Å²) < 4.78 is 7.09. The zero-order valence-corrected chi connectivity index (χ0v) is 10.1. The van der Waals surface area contributed by atoms with Crippen molar-refractivity contribution in [2.75, 3.05) is 7.11 Å². The van der Waals surface area contributed by atoms with Gasteiger partial charge in [0.05, 0.1) is 12.7 Å². The van der Waals surface area contributed by atoms with Crippen LogP contribution in [-0.2, 0) is 7.05 Å². The molecule has 0 spiro atoms. The standard InChI is InChI=1S/C12H12ClNO2/c1-7-11(12(13)15)9-6-8(16-3)4-5-10(9)14(7)2/h4-6H,1-3H3. The van der Waals surface area contributed by atoms with Crippen LogP contribution >= 0.6 is 11.6 Å². The smallest absolute Gasteiger partial charge is 0.254 e. The molecule has 1 heterocycles. The molecule has 0 saturated carbocycles. The van der Waals surface area contributed by atoms with Gasteiger partial charge in [0.2, 0.25) is 0 Å². The van der Waals surface area contributed by atoms with Gasteiger partial charge >= 0.3 is 0 Å². The highest BCUT2D eigenvalue weighted by Gasteiger charge is 2.17. The number of carbonyl (C=O) groups is 1. The van der Waals surface area contributed by atoms with Crippen molar-refractivity contribution in [1.82, 2.24) is 4.57 Å². The van der Waals surface area contributed by atoms with Gasteiger partial charge in [-0.2, -0.15) is 0 Å². The number of rotatable bonds is 2. The van der Waals surface area contributed by atoms with E-state index in [1.807, 2.05) is 36.7 Å². The molecule has 2 aromatic rings. The number of fused-ring (bicyclic) bond motifs is 1. The fourth-order valence-corrected chi connectivity index (χ4v) is 2.16. The normalized spacial score (nSPS) is 10.8. The molecular weight excluding hydrogens is 226 g/mol. The number of methoxy groups -OCH3 is 1. The van der Waals surface area contributed by atoms with Crippen molar-refractivity contribution in [3.05, 3.63) is 29.5 Å². The van der Waals surface area contributed by atoms with E-state index >= 15 is 0 Å². The highest BCUT2D eigenvalue weighted by atomic mass is 35.5. The third-order valence-electron chi connectivity index (χ3n) is 2.90. The molecule has 3 nitrogen and oxygen atoms in total. The van der Waals surface area contributed by atoms with E-state index in [0.29, 0.717) is 5.56 Å². The highest BCUT2D eigenvalue weighted by Crippen LogP contribution is 2.29. The van der Waals surface area contributed by atoms with Gasteiger partial charge in [-0.1, -0.05) is 0 Å². The molecule has 84 valence electrons. The summed E-state index contributed by atoms with van der Waals surface area (Å²) in [4.78, 5) is 11.4. The number of hydrogen-bond donors (Lipinski definition) is 0. The second kappa shape index (κ2) is 3.83. The van der Waals surface area contributed by atoms with E-state index in [1.165, 1.54) is 0 Å². The van der Waals surface area contributed by atoms with Gasteiger partial charge in [0.25, 0.3) is 5.24 Å². The van der Waals surface area contributed by atoms with Crippen LogP contribution in [0.2, 0.25) is 0 Å². The quantitative estimate of drug-likeness (QED) is 0.752. The first-order valence-corrected chi connectivity index (χ1v) is 5.27. The fourth-order valence-electron chi connectivity index (χ4n) is 1.93. The number of benzene rings is 1. The molecule has 0 fully saturated rings. The van der Waals surface area contributed by atoms with Gasteiger partial charge < -0.3 is 9.30 Å². The molecule has 0 N–H and O–H groups in total. The molecule has 0 aliphatic carbocycles. The maximum Gasteiger partial charge on any atom is 0.254 e. The summed E-state index contributed by atoms with van der Waals surface area (Å²) in [5, 5.41) is 0.399. The Hall–Kier alpha value is -1.48. The second-order valence-electron chi connectivity index (χ2n) is 3.68. The Labute approximate surface area is 98.6 Å². The molecule has 0 aliphatic rings. The minimum Gasteiger partial charge on any atom is -0.497 e. The summed E-state index contributed by atoms with van der Waals surface area (Å²) in [6.45, 7) is 1.88. The largest absolute Gasteiger partial charge is 0.497 e. The SMILES string of the molecule is COc1ccc2c(c1)c(C(=O)Cl)c(C)n2C. The number of ether oxygens (including phenoxy) is 1. The number of hydrogen-bond acceptors (Lipinski definition) is 2. The van der Waals surface area contributed by atoms with Crippen molar-refractivity contribution in [2.24, 2.45) is 7.05 Å². The molecule has 2 rings (SSSR count). The monoisotopic (exact) mass is 237 g/mol. The Bertz CT molecular complexity index is 572. The van der Waals surface area contributed by atoms with Gasteiger partial charge in [0.1, 0.15) is 5.75 Å². The average molecular weight is 238 g/mol. The van der Waals surface area contributed by atoms with Crippen LogP contribution in [0, 0.1) is 6.92 Å². The van der Waals surface area contributed by atoms with E-state index in [9.17, 15) is 4.79 Å². The Balaban J connectivity index is 2.86. The minimum atomic E-state index is -0.434. The number of carbonyl (C=O) groups excluding carboxylic acids is 1. The molecule has 0 unspecified atom stereocenters. The lowest BCUT2D eigenvalue weighted by Crippen LogP contribution is -1.94. The van der Waals surface area contributed by atoms with Crippen LogP contribution in [0.15, 0.2) is 18.2 Å². The van der Waals surface area contributed by atoms with Crippen molar-refractivity contribution in [3.8, 4) is 5.75 Å². The topological polar surface area (TPSA) is 31.2 Å². The molecule has 4 heteroatoms. The molecule has 0 radical (unpaired) electrons. The third kappa shape index (κ3) is 1.48. The molecule has 0 amide bonds. The predicted octanol–water partition coefficient (Wildman–Crippen LogP) is 2.87. The van der Waals surface area contributed by atoms with Crippen molar-refractivity contribution < 1.29 is 9.53 Å². The first kappa shape index (κ1) is 11.0. The van der Waals surface area contributed by atoms with E-state index < -0.39 is 5.24 Å². The lowest BCUT2D eigenvalue weighted by molar-refractivity contribution is 0.108. The Morgan fingerprint density at radius 2 is 2.12 bits per heavy atom. The second-order valence-corrected chi connectivity index (χ2v) is 4.02. The fraction of sp³-hybridized carbons (Fsp3) is 0.250. The summed E-state index contributed by atoms with van der Waals surface area (Å²) in [7, 11) is 3.51. The molecule has 16 heavy (non-hydrogen) atoms. The van der Waals surface area contributed by atoms with Gasteiger partial charge in [-0.15, -0.1) is 0 Å². The number of aryl methyl sites for hydroxylation is 1. The molecule has 0 atom stereocenters. The van der Waals surface area contributed by atoms with Gasteiger partial charge in [-0.3, -0.25) is 4.79 Å². The highest BCUT2D eigenvalue weighted by molar-refractivity contribution is 6.68. The van der Waals surface area contributed by atoms with E-state index in [4.69, 9.17) is 16.3 Å². The Kier molecular flexibility index (Phi) is 2.64. The maximum atomic E-state index is 11.4. The van der Waals surface area contributed by atoms with Crippen LogP contribution in [0.5, 0.6) is 5.75 Å². The number of aromatic nitrogens is 1. The molecule has 0 aliphatic heterocycles. The first-order chi connectivity index (χ1) is 7.56. The van der Waals surface area contributed by atoms with Crippen LogP contribution in [-0.4, -0.2) is 16.9 Å².